The largest absolute Gasteiger partial charge is 0.392 e. The predicted octanol–water partition coefficient (Wildman–Crippen LogP) is 3.35. The van der Waals surface area contributed by atoms with Gasteiger partial charge in [-0.1, -0.05) is 51.0 Å². The van der Waals surface area contributed by atoms with E-state index in [1.807, 2.05) is 13.0 Å². The molecule has 2 N–H and O–H groups in total. The number of thiocarbonyl (C=S) groups is 1. The molecule has 0 heterocycles. The monoisotopic (exact) mass is 392 g/mol. The van der Waals surface area contributed by atoms with E-state index in [-0.39, 0.29) is 5.91 Å². The summed E-state index contributed by atoms with van der Waals surface area (Å²) < 4.78 is 1.71. The molecule has 0 spiro atoms. The lowest BCUT2D eigenvalue weighted by Crippen LogP contribution is -2.38. The fourth-order valence-corrected chi connectivity index (χ4v) is 3.02. The Hall–Kier alpha value is -0.460. The minimum Gasteiger partial charge on any atom is -0.392 e. The number of carbonyl (C=O) groups excluding carboxylic acids is 1. The molecule has 0 unspecified atom stereocenters. The Morgan fingerprint density at radius 1 is 1.33 bits per heavy atom. The van der Waals surface area contributed by atoms with Gasteiger partial charge < -0.3 is 10.6 Å². The van der Waals surface area contributed by atoms with Crippen molar-refractivity contribution in [2.75, 3.05) is 13.1 Å². The second kappa shape index (κ2) is 7.21. The van der Waals surface area contributed by atoms with Crippen molar-refractivity contribution in [1.29, 1.82) is 0 Å². The Kier molecular flexibility index (Phi) is 6.25. The summed E-state index contributed by atoms with van der Waals surface area (Å²) in [5.41, 5.74) is 6.13. The van der Waals surface area contributed by atoms with Crippen LogP contribution in [0.4, 0.5) is 0 Å². The molecule has 0 aliphatic heterocycles. The average Bonchev–Trinajstić information content (AvgIpc) is 2.25. The summed E-state index contributed by atoms with van der Waals surface area (Å²) >= 11 is 11.6. The van der Waals surface area contributed by atoms with Gasteiger partial charge in [0.25, 0.3) is 5.91 Å². The SMILES string of the molecule is CCCN(CC(N)=S)C(=O)c1cc(Br)cc(Br)c1. The normalized spacial score (nSPS) is 10.2. The molecule has 1 aromatic carbocycles. The quantitative estimate of drug-likeness (QED) is 0.780. The minimum absolute atomic E-state index is 0.0633. The fourth-order valence-electron chi connectivity index (χ4n) is 1.57. The highest BCUT2D eigenvalue weighted by Crippen LogP contribution is 2.21. The Balaban J connectivity index is 2.97. The molecule has 0 aromatic heterocycles. The summed E-state index contributed by atoms with van der Waals surface area (Å²) in [6.45, 7) is 2.96. The van der Waals surface area contributed by atoms with Crippen LogP contribution in [0.1, 0.15) is 23.7 Å². The molecular formula is C12H14Br2N2OS. The van der Waals surface area contributed by atoms with E-state index in [0.717, 1.165) is 15.4 Å². The zero-order chi connectivity index (χ0) is 13.7. The van der Waals surface area contributed by atoms with E-state index in [2.05, 4.69) is 31.9 Å². The number of hydrogen-bond donors (Lipinski definition) is 1. The molecule has 0 aliphatic carbocycles. The van der Waals surface area contributed by atoms with Gasteiger partial charge in [-0.3, -0.25) is 4.79 Å². The van der Waals surface area contributed by atoms with Crippen molar-refractivity contribution in [3.05, 3.63) is 32.7 Å². The first kappa shape index (κ1) is 15.6. The Bertz CT molecular complexity index is 445. The summed E-state index contributed by atoms with van der Waals surface area (Å²) in [6.07, 6.45) is 0.865. The van der Waals surface area contributed by atoms with Crippen molar-refractivity contribution in [3.8, 4) is 0 Å². The molecule has 1 amide bonds. The zero-order valence-electron chi connectivity index (χ0n) is 9.95. The van der Waals surface area contributed by atoms with E-state index < -0.39 is 0 Å². The number of amides is 1. The summed E-state index contributed by atoms with van der Waals surface area (Å²) in [7, 11) is 0. The number of nitrogens with zero attached hydrogens (tertiary/aromatic N) is 1. The number of hydrogen-bond acceptors (Lipinski definition) is 2. The van der Waals surface area contributed by atoms with Gasteiger partial charge in [-0.05, 0) is 24.6 Å². The van der Waals surface area contributed by atoms with Crippen LogP contribution in [0.3, 0.4) is 0 Å². The molecular weight excluding hydrogens is 380 g/mol. The number of nitrogens with two attached hydrogens (primary N) is 1. The molecule has 0 radical (unpaired) electrons. The van der Waals surface area contributed by atoms with Crippen LogP contribution in [-0.2, 0) is 0 Å². The lowest BCUT2D eigenvalue weighted by Gasteiger charge is -2.21. The summed E-state index contributed by atoms with van der Waals surface area (Å²) in [5, 5.41) is 0. The van der Waals surface area contributed by atoms with Gasteiger partial charge in [0, 0.05) is 21.1 Å². The number of carbonyl (C=O) groups is 1. The van der Waals surface area contributed by atoms with Crippen LogP contribution >= 0.6 is 44.1 Å². The van der Waals surface area contributed by atoms with Crippen molar-refractivity contribution in [2.24, 2.45) is 5.73 Å². The molecule has 0 bridgehead atoms. The number of rotatable bonds is 5. The van der Waals surface area contributed by atoms with Crippen molar-refractivity contribution in [2.45, 2.75) is 13.3 Å². The standard InChI is InChI=1S/C12H14Br2N2OS/c1-2-3-16(7-11(15)18)12(17)8-4-9(13)6-10(14)5-8/h4-6H,2-3,7H2,1H3,(H2,15,18). The van der Waals surface area contributed by atoms with Gasteiger partial charge in [0.1, 0.15) is 0 Å². The first-order chi connectivity index (χ1) is 8.43. The molecule has 0 saturated heterocycles. The highest BCUT2D eigenvalue weighted by atomic mass is 79.9. The van der Waals surface area contributed by atoms with E-state index >= 15 is 0 Å². The molecule has 3 nitrogen and oxygen atoms in total. The number of benzene rings is 1. The van der Waals surface area contributed by atoms with Crippen LogP contribution in [0, 0.1) is 0 Å². The van der Waals surface area contributed by atoms with E-state index in [1.54, 1.807) is 17.0 Å². The van der Waals surface area contributed by atoms with Gasteiger partial charge >= 0.3 is 0 Å². The maximum atomic E-state index is 12.3. The van der Waals surface area contributed by atoms with Crippen molar-refractivity contribution >= 4 is 55.0 Å². The third-order valence-corrected chi connectivity index (χ3v) is 3.28. The van der Waals surface area contributed by atoms with Crippen LogP contribution in [-0.4, -0.2) is 28.9 Å². The second-order valence-corrected chi connectivity index (χ2v) is 6.21. The van der Waals surface area contributed by atoms with Gasteiger partial charge in [-0.25, -0.2) is 0 Å². The second-order valence-electron chi connectivity index (χ2n) is 3.85. The third-order valence-electron chi connectivity index (χ3n) is 2.24. The Morgan fingerprint density at radius 3 is 2.33 bits per heavy atom. The van der Waals surface area contributed by atoms with Crippen molar-refractivity contribution in [3.63, 3.8) is 0 Å². The van der Waals surface area contributed by atoms with E-state index in [1.165, 1.54) is 0 Å². The predicted molar refractivity (Wildman–Crippen MR) is 84.8 cm³/mol. The van der Waals surface area contributed by atoms with Crippen LogP contribution in [0.2, 0.25) is 0 Å². The molecule has 0 saturated carbocycles. The first-order valence-corrected chi connectivity index (χ1v) is 7.47. The lowest BCUT2D eigenvalue weighted by molar-refractivity contribution is 0.0780. The summed E-state index contributed by atoms with van der Waals surface area (Å²) in [4.78, 5) is 14.3. The molecule has 0 fully saturated rings. The Labute approximate surface area is 129 Å². The summed E-state index contributed by atoms with van der Waals surface area (Å²) in [5.74, 6) is -0.0633. The third kappa shape index (κ3) is 4.66. The highest BCUT2D eigenvalue weighted by Gasteiger charge is 2.16. The molecule has 1 aromatic rings. The minimum atomic E-state index is -0.0633. The number of halogens is 2. The van der Waals surface area contributed by atoms with Crippen LogP contribution in [0.25, 0.3) is 0 Å². The maximum Gasteiger partial charge on any atom is 0.254 e. The smallest absolute Gasteiger partial charge is 0.254 e. The van der Waals surface area contributed by atoms with Crippen molar-refractivity contribution < 1.29 is 4.79 Å². The average molecular weight is 394 g/mol. The van der Waals surface area contributed by atoms with Gasteiger partial charge in [0.2, 0.25) is 0 Å². The molecule has 98 valence electrons. The first-order valence-electron chi connectivity index (χ1n) is 5.47. The molecule has 18 heavy (non-hydrogen) atoms. The van der Waals surface area contributed by atoms with Crippen LogP contribution in [0.5, 0.6) is 0 Å². The zero-order valence-corrected chi connectivity index (χ0v) is 13.9. The van der Waals surface area contributed by atoms with E-state index in [4.69, 9.17) is 18.0 Å². The van der Waals surface area contributed by atoms with E-state index in [0.29, 0.717) is 23.6 Å². The summed E-state index contributed by atoms with van der Waals surface area (Å²) in [6, 6.07) is 5.46. The lowest BCUT2D eigenvalue weighted by atomic mass is 10.2. The molecule has 6 heteroatoms. The molecule has 0 aliphatic rings. The maximum absolute atomic E-state index is 12.3. The van der Waals surface area contributed by atoms with Crippen molar-refractivity contribution in [1.82, 2.24) is 4.90 Å². The molecule has 0 atom stereocenters. The topological polar surface area (TPSA) is 46.3 Å². The van der Waals surface area contributed by atoms with Crippen LogP contribution < -0.4 is 5.73 Å². The van der Waals surface area contributed by atoms with Gasteiger partial charge in [0.05, 0.1) is 11.5 Å². The van der Waals surface area contributed by atoms with Gasteiger partial charge in [-0.15, -0.1) is 0 Å². The van der Waals surface area contributed by atoms with Gasteiger partial charge in [0.15, 0.2) is 0 Å². The Morgan fingerprint density at radius 2 is 1.89 bits per heavy atom. The van der Waals surface area contributed by atoms with Gasteiger partial charge in [-0.2, -0.15) is 0 Å². The highest BCUT2D eigenvalue weighted by molar-refractivity contribution is 9.11. The fraction of sp³-hybridized carbons (Fsp3) is 0.333. The molecule has 1 rings (SSSR count). The van der Waals surface area contributed by atoms with E-state index in [9.17, 15) is 4.79 Å². The van der Waals surface area contributed by atoms with Crippen LogP contribution in [0.15, 0.2) is 27.1 Å².